The van der Waals surface area contributed by atoms with E-state index in [2.05, 4.69) is 0 Å². The van der Waals surface area contributed by atoms with Gasteiger partial charge in [-0.3, -0.25) is 9.59 Å². The van der Waals surface area contributed by atoms with Crippen LogP contribution < -0.4 is 0 Å². The maximum Gasteiger partial charge on any atom is 0.306 e. The largest absolute Gasteiger partial charge is 0.481 e. The summed E-state index contributed by atoms with van der Waals surface area (Å²) in [6.07, 6.45) is 2.43. The molecule has 4 nitrogen and oxygen atoms in total. The predicted molar refractivity (Wildman–Crippen MR) is 49.9 cm³/mol. The highest BCUT2D eigenvalue weighted by molar-refractivity contribution is 5.74. The minimum atomic E-state index is -0.852. The van der Waals surface area contributed by atoms with Crippen LogP contribution in [0.1, 0.15) is 32.6 Å². The summed E-state index contributed by atoms with van der Waals surface area (Å²) in [5.41, 5.74) is 0. The van der Waals surface area contributed by atoms with Gasteiger partial charge in [0.1, 0.15) is 0 Å². The molecule has 0 radical (unpaired) electrons. The van der Waals surface area contributed by atoms with Crippen LogP contribution in [-0.4, -0.2) is 22.2 Å². The maximum atomic E-state index is 10.8. The summed E-state index contributed by atoms with van der Waals surface area (Å²) < 4.78 is 0. The number of rotatable bonds is 3. The Morgan fingerprint density at radius 2 is 1.50 bits per heavy atom. The molecule has 0 amide bonds. The van der Waals surface area contributed by atoms with E-state index in [-0.39, 0.29) is 5.92 Å². The Morgan fingerprint density at radius 3 is 1.79 bits per heavy atom. The van der Waals surface area contributed by atoms with Gasteiger partial charge >= 0.3 is 11.9 Å². The summed E-state index contributed by atoms with van der Waals surface area (Å²) >= 11 is 0. The molecule has 0 heterocycles. The number of carbonyl (C=O) groups is 2. The van der Waals surface area contributed by atoms with E-state index in [0.29, 0.717) is 19.3 Å². The molecule has 1 aliphatic carbocycles. The number of carboxylic acids is 2. The summed E-state index contributed by atoms with van der Waals surface area (Å²) in [6, 6.07) is 0. The SMILES string of the molecule is CCC1CC(C(=O)O)CC(C(=O)O)C1. The maximum absolute atomic E-state index is 10.8. The van der Waals surface area contributed by atoms with Crippen molar-refractivity contribution in [2.45, 2.75) is 32.6 Å². The molecule has 1 saturated carbocycles. The van der Waals surface area contributed by atoms with Crippen molar-refractivity contribution in [1.82, 2.24) is 0 Å². The van der Waals surface area contributed by atoms with Crippen molar-refractivity contribution >= 4 is 11.9 Å². The minimum Gasteiger partial charge on any atom is -0.481 e. The summed E-state index contributed by atoms with van der Waals surface area (Å²) in [7, 11) is 0. The van der Waals surface area contributed by atoms with Crippen LogP contribution in [0.5, 0.6) is 0 Å². The van der Waals surface area contributed by atoms with Crippen LogP contribution in [-0.2, 0) is 9.59 Å². The molecule has 0 spiro atoms. The van der Waals surface area contributed by atoms with Crippen molar-refractivity contribution in [2.75, 3.05) is 0 Å². The third-order valence-corrected chi connectivity index (χ3v) is 3.08. The zero-order valence-electron chi connectivity index (χ0n) is 8.27. The molecule has 14 heavy (non-hydrogen) atoms. The summed E-state index contributed by atoms with van der Waals surface area (Å²) in [5, 5.41) is 17.7. The highest BCUT2D eigenvalue weighted by Crippen LogP contribution is 2.35. The van der Waals surface area contributed by atoms with Gasteiger partial charge in [-0.2, -0.15) is 0 Å². The topological polar surface area (TPSA) is 74.6 Å². The fourth-order valence-corrected chi connectivity index (χ4v) is 2.17. The number of carboxylic acid groups (broad SMARTS) is 2. The molecule has 1 rings (SSSR count). The lowest BCUT2D eigenvalue weighted by Gasteiger charge is -2.30. The van der Waals surface area contributed by atoms with Crippen molar-refractivity contribution in [2.24, 2.45) is 17.8 Å². The summed E-state index contributed by atoms with van der Waals surface area (Å²) in [4.78, 5) is 21.6. The third-order valence-electron chi connectivity index (χ3n) is 3.08. The molecular formula is C10H16O4. The molecule has 0 aromatic carbocycles. The molecule has 80 valence electrons. The molecule has 2 unspecified atom stereocenters. The lowest BCUT2D eigenvalue weighted by molar-refractivity contribution is -0.149. The molecule has 2 N–H and O–H groups in total. The van der Waals surface area contributed by atoms with E-state index in [0.717, 1.165) is 6.42 Å². The monoisotopic (exact) mass is 200 g/mol. The minimum absolute atomic E-state index is 0.256. The second-order valence-electron chi connectivity index (χ2n) is 4.05. The molecule has 4 heteroatoms. The molecule has 1 aliphatic rings. The first-order chi connectivity index (χ1) is 6.54. The van der Waals surface area contributed by atoms with Crippen LogP contribution in [0.3, 0.4) is 0 Å². The van der Waals surface area contributed by atoms with Crippen molar-refractivity contribution < 1.29 is 19.8 Å². The van der Waals surface area contributed by atoms with Gasteiger partial charge in [-0.05, 0) is 25.2 Å². The van der Waals surface area contributed by atoms with E-state index < -0.39 is 23.8 Å². The molecular weight excluding hydrogens is 184 g/mol. The fraction of sp³-hybridized carbons (Fsp3) is 0.800. The van der Waals surface area contributed by atoms with Crippen LogP contribution in [0.25, 0.3) is 0 Å². The zero-order chi connectivity index (χ0) is 10.7. The molecule has 0 aromatic rings. The van der Waals surface area contributed by atoms with Gasteiger partial charge in [0.25, 0.3) is 0 Å². The molecule has 0 bridgehead atoms. The number of hydrogen-bond donors (Lipinski definition) is 2. The van der Waals surface area contributed by atoms with Crippen LogP contribution in [0.15, 0.2) is 0 Å². The van der Waals surface area contributed by atoms with Crippen molar-refractivity contribution in [3.63, 3.8) is 0 Å². The molecule has 0 aromatic heterocycles. The van der Waals surface area contributed by atoms with Crippen molar-refractivity contribution in [1.29, 1.82) is 0 Å². The average Bonchev–Trinajstić information content (AvgIpc) is 2.16. The molecule has 2 atom stereocenters. The van der Waals surface area contributed by atoms with E-state index in [1.54, 1.807) is 0 Å². The van der Waals surface area contributed by atoms with Crippen LogP contribution in [0.2, 0.25) is 0 Å². The van der Waals surface area contributed by atoms with Gasteiger partial charge in [-0.25, -0.2) is 0 Å². The smallest absolute Gasteiger partial charge is 0.306 e. The Kier molecular flexibility index (Phi) is 3.49. The molecule has 0 saturated heterocycles. The normalized spacial score (nSPS) is 32.5. The quantitative estimate of drug-likeness (QED) is 0.725. The first-order valence-corrected chi connectivity index (χ1v) is 5.00. The molecule has 0 aliphatic heterocycles. The van der Waals surface area contributed by atoms with E-state index in [4.69, 9.17) is 10.2 Å². The summed E-state index contributed by atoms with van der Waals surface area (Å²) in [6.45, 7) is 1.98. The van der Waals surface area contributed by atoms with E-state index in [1.807, 2.05) is 6.92 Å². The Labute approximate surface area is 82.9 Å². The van der Waals surface area contributed by atoms with E-state index in [9.17, 15) is 9.59 Å². The van der Waals surface area contributed by atoms with E-state index in [1.165, 1.54) is 0 Å². The lowest BCUT2D eigenvalue weighted by atomic mass is 9.74. The highest BCUT2D eigenvalue weighted by atomic mass is 16.4. The van der Waals surface area contributed by atoms with Gasteiger partial charge in [0, 0.05) is 0 Å². The van der Waals surface area contributed by atoms with Crippen LogP contribution in [0.4, 0.5) is 0 Å². The molecule has 1 fully saturated rings. The van der Waals surface area contributed by atoms with Crippen molar-refractivity contribution in [3.05, 3.63) is 0 Å². The van der Waals surface area contributed by atoms with Gasteiger partial charge in [-0.15, -0.1) is 0 Å². The number of hydrogen-bond acceptors (Lipinski definition) is 2. The second kappa shape index (κ2) is 4.44. The predicted octanol–water partition coefficient (Wildman–Crippen LogP) is 1.60. The zero-order valence-corrected chi connectivity index (χ0v) is 8.27. The first-order valence-electron chi connectivity index (χ1n) is 5.00. The van der Waals surface area contributed by atoms with Gasteiger partial charge in [0.05, 0.1) is 11.8 Å². The first kappa shape index (κ1) is 11.0. The van der Waals surface area contributed by atoms with Gasteiger partial charge < -0.3 is 10.2 Å². The van der Waals surface area contributed by atoms with Gasteiger partial charge in [0.2, 0.25) is 0 Å². The number of aliphatic carboxylic acids is 2. The average molecular weight is 200 g/mol. The van der Waals surface area contributed by atoms with E-state index >= 15 is 0 Å². The third kappa shape index (κ3) is 2.47. The Bertz CT molecular complexity index is 214. The van der Waals surface area contributed by atoms with Gasteiger partial charge in [-0.1, -0.05) is 13.3 Å². The Hall–Kier alpha value is -1.06. The second-order valence-corrected chi connectivity index (χ2v) is 4.05. The highest BCUT2D eigenvalue weighted by Gasteiger charge is 2.35. The Balaban J connectivity index is 2.66. The van der Waals surface area contributed by atoms with Crippen LogP contribution in [0, 0.1) is 17.8 Å². The van der Waals surface area contributed by atoms with Crippen molar-refractivity contribution in [3.8, 4) is 0 Å². The van der Waals surface area contributed by atoms with Gasteiger partial charge in [0.15, 0.2) is 0 Å². The Morgan fingerprint density at radius 1 is 1.07 bits per heavy atom. The summed E-state index contributed by atoms with van der Waals surface area (Å²) in [5.74, 6) is -2.38. The lowest BCUT2D eigenvalue weighted by Crippen LogP contribution is -2.31. The fourth-order valence-electron chi connectivity index (χ4n) is 2.17. The van der Waals surface area contributed by atoms with Crippen LogP contribution >= 0.6 is 0 Å². The standard InChI is InChI=1S/C10H16O4/c1-2-6-3-7(9(11)12)5-8(4-6)10(13)14/h6-8H,2-5H2,1H3,(H,11,12)(H,13,14).